The van der Waals surface area contributed by atoms with E-state index in [9.17, 15) is 9.18 Å². The molecule has 1 aromatic carbocycles. The molecule has 0 unspecified atom stereocenters. The summed E-state index contributed by atoms with van der Waals surface area (Å²) in [5.41, 5.74) is 4.48. The van der Waals surface area contributed by atoms with Crippen LogP contribution in [-0.4, -0.2) is 43.6 Å². The molecule has 0 bridgehead atoms. The molecule has 31 heavy (non-hydrogen) atoms. The Hall–Kier alpha value is -3.52. The molecule has 0 spiro atoms. The van der Waals surface area contributed by atoms with E-state index in [4.69, 9.17) is 0 Å². The smallest absolute Gasteiger partial charge is 0.258 e. The molecule has 1 saturated heterocycles. The van der Waals surface area contributed by atoms with E-state index in [1.165, 1.54) is 25.0 Å². The largest absolute Gasteiger partial charge is 0.356 e. The molecule has 1 atom stereocenters. The van der Waals surface area contributed by atoms with Gasteiger partial charge in [0.2, 0.25) is 0 Å². The molecule has 8 heteroatoms. The molecule has 158 valence electrons. The number of benzene rings is 1. The molecule has 4 heterocycles. The number of H-pyrrole nitrogens is 2. The molecule has 0 saturated carbocycles. The van der Waals surface area contributed by atoms with Gasteiger partial charge in [0, 0.05) is 30.0 Å². The summed E-state index contributed by atoms with van der Waals surface area (Å²) in [4.78, 5) is 22.9. The summed E-state index contributed by atoms with van der Waals surface area (Å²) in [6.45, 7) is 4.21. The van der Waals surface area contributed by atoms with E-state index < -0.39 is 11.7 Å². The highest BCUT2D eigenvalue weighted by atomic mass is 19.1. The number of anilines is 1. The first-order valence-electron chi connectivity index (χ1n) is 10.4. The molecule has 1 amide bonds. The number of likely N-dealkylation sites (tertiary alicyclic amines) is 1. The third kappa shape index (κ3) is 3.94. The Morgan fingerprint density at radius 1 is 1.29 bits per heavy atom. The summed E-state index contributed by atoms with van der Waals surface area (Å²) in [6, 6.07) is 10.6. The van der Waals surface area contributed by atoms with Gasteiger partial charge in [0.25, 0.3) is 5.91 Å². The number of hydrogen-bond acceptors (Lipinski definition) is 4. The number of carbonyl (C=O) groups excluding carboxylic acids is 1. The first kappa shape index (κ1) is 19.4. The van der Waals surface area contributed by atoms with Gasteiger partial charge in [-0.05, 0) is 56.6 Å². The standard InChI is InChI=1S/C23H23FN6O/c1-14-3-2-8-30(14)13-17-11-21-22(27-17)10-16(12-25-21)28-23(31)18-5-4-15(9-19(18)24)20-6-7-26-29-20/h4-7,9-12,14,27H,2-3,8,13H2,1H3,(H,26,29)(H,28,31)/t14-/m0/s1. The molecule has 1 aliphatic rings. The predicted molar refractivity (Wildman–Crippen MR) is 117 cm³/mol. The highest BCUT2D eigenvalue weighted by Crippen LogP contribution is 2.24. The minimum Gasteiger partial charge on any atom is -0.356 e. The quantitative estimate of drug-likeness (QED) is 0.450. The van der Waals surface area contributed by atoms with Crippen LogP contribution in [0, 0.1) is 5.82 Å². The zero-order chi connectivity index (χ0) is 21.4. The number of aromatic nitrogens is 4. The molecule has 5 rings (SSSR count). The van der Waals surface area contributed by atoms with Crippen LogP contribution in [0.1, 0.15) is 35.8 Å². The minimum atomic E-state index is -0.603. The molecule has 3 aromatic heterocycles. The number of amides is 1. The van der Waals surface area contributed by atoms with E-state index >= 15 is 0 Å². The van der Waals surface area contributed by atoms with Gasteiger partial charge in [0.15, 0.2) is 0 Å². The summed E-state index contributed by atoms with van der Waals surface area (Å²) in [6.07, 6.45) is 5.71. The van der Waals surface area contributed by atoms with Gasteiger partial charge >= 0.3 is 0 Å². The summed E-state index contributed by atoms with van der Waals surface area (Å²) in [5, 5.41) is 9.46. The number of halogens is 1. The van der Waals surface area contributed by atoms with E-state index in [0.29, 0.717) is 23.0 Å². The van der Waals surface area contributed by atoms with Crippen LogP contribution >= 0.6 is 0 Å². The molecule has 3 N–H and O–H groups in total. The Morgan fingerprint density at radius 3 is 2.94 bits per heavy atom. The number of nitrogens with one attached hydrogen (secondary N) is 3. The van der Waals surface area contributed by atoms with Crippen molar-refractivity contribution in [3.63, 3.8) is 0 Å². The monoisotopic (exact) mass is 418 g/mol. The summed E-state index contributed by atoms with van der Waals surface area (Å²) in [7, 11) is 0. The van der Waals surface area contributed by atoms with E-state index in [0.717, 1.165) is 29.8 Å². The zero-order valence-electron chi connectivity index (χ0n) is 17.2. The van der Waals surface area contributed by atoms with E-state index in [-0.39, 0.29) is 5.56 Å². The van der Waals surface area contributed by atoms with Crippen molar-refractivity contribution in [3.05, 3.63) is 65.9 Å². The third-order valence-corrected chi connectivity index (χ3v) is 5.86. The fourth-order valence-corrected chi connectivity index (χ4v) is 4.14. The number of rotatable bonds is 5. The van der Waals surface area contributed by atoms with Crippen molar-refractivity contribution >= 4 is 22.6 Å². The van der Waals surface area contributed by atoms with Crippen molar-refractivity contribution in [2.24, 2.45) is 0 Å². The Morgan fingerprint density at radius 2 is 2.19 bits per heavy atom. The van der Waals surface area contributed by atoms with Crippen molar-refractivity contribution in [3.8, 4) is 11.3 Å². The fraction of sp³-hybridized carbons (Fsp3) is 0.261. The van der Waals surface area contributed by atoms with E-state index in [1.54, 1.807) is 24.5 Å². The first-order valence-corrected chi connectivity index (χ1v) is 10.4. The second kappa shape index (κ2) is 7.96. The van der Waals surface area contributed by atoms with Crippen molar-refractivity contribution < 1.29 is 9.18 Å². The van der Waals surface area contributed by atoms with Crippen LogP contribution in [-0.2, 0) is 6.54 Å². The lowest BCUT2D eigenvalue weighted by Crippen LogP contribution is -2.26. The summed E-state index contributed by atoms with van der Waals surface area (Å²) in [5.74, 6) is -1.13. The van der Waals surface area contributed by atoms with Crippen LogP contribution < -0.4 is 5.32 Å². The maximum absolute atomic E-state index is 14.6. The van der Waals surface area contributed by atoms with Gasteiger partial charge in [-0.2, -0.15) is 5.10 Å². The van der Waals surface area contributed by atoms with Crippen LogP contribution in [0.5, 0.6) is 0 Å². The normalized spacial score (nSPS) is 16.8. The average Bonchev–Trinajstić information content (AvgIpc) is 3.49. The first-order chi connectivity index (χ1) is 15.1. The molecular weight excluding hydrogens is 395 g/mol. The van der Waals surface area contributed by atoms with Gasteiger partial charge in [-0.3, -0.25) is 19.8 Å². The van der Waals surface area contributed by atoms with E-state index in [2.05, 4.69) is 37.3 Å². The Labute approximate surface area is 178 Å². The predicted octanol–water partition coefficient (Wildman–Crippen LogP) is 4.33. The van der Waals surface area contributed by atoms with Crippen LogP contribution in [0.4, 0.5) is 10.1 Å². The second-order valence-electron chi connectivity index (χ2n) is 8.02. The SMILES string of the molecule is C[C@H]1CCCN1Cc1cc2ncc(NC(=O)c3ccc(-c4cc[nH]n4)cc3F)cc2[nH]1. The average molecular weight is 418 g/mol. The van der Waals surface area contributed by atoms with Gasteiger partial charge < -0.3 is 10.3 Å². The van der Waals surface area contributed by atoms with Crippen molar-refractivity contribution in [2.45, 2.75) is 32.4 Å². The maximum atomic E-state index is 14.6. The molecule has 1 fully saturated rings. The van der Waals surface area contributed by atoms with Gasteiger partial charge in [-0.15, -0.1) is 0 Å². The molecular formula is C23H23FN6O. The summed E-state index contributed by atoms with van der Waals surface area (Å²) < 4.78 is 14.6. The Bertz CT molecular complexity index is 1230. The number of aromatic amines is 2. The lowest BCUT2D eigenvalue weighted by molar-refractivity contribution is 0.102. The van der Waals surface area contributed by atoms with Gasteiger partial charge in [-0.25, -0.2) is 4.39 Å². The van der Waals surface area contributed by atoms with Crippen LogP contribution in [0.15, 0.2) is 48.8 Å². The summed E-state index contributed by atoms with van der Waals surface area (Å²) >= 11 is 0. The zero-order valence-corrected chi connectivity index (χ0v) is 17.2. The van der Waals surface area contributed by atoms with Crippen LogP contribution in [0.25, 0.3) is 22.3 Å². The maximum Gasteiger partial charge on any atom is 0.258 e. The van der Waals surface area contributed by atoms with Crippen LogP contribution in [0.3, 0.4) is 0 Å². The Kier molecular flexibility index (Phi) is 4.99. The third-order valence-electron chi connectivity index (χ3n) is 5.86. The minimum absolute atomic E-state index is 0.0328. The number of hydrogen-bond donors (Lipinski definition) is 3. The van der Waals surface area contributed by atoms with Crippen LogP contribution in [0.2, 0.25) is 0 Å². The molecule has 0 radical (unpaired) electrons. The highest BCUT2D eigenvalue weighted by molar-refractivity contribution is 6.05. The lowest BCUT2D eigenvalue weighted by Gasteiger charge is -2.19. The van der Waals surface area contributed by atoms with E-state index in [1.807, 2.05) is 12.1 Å². The Balaban J connectivity index is 1.32. The highest BCUT2D eigenvalue weighted by Gasteiger charge is 2.21. The van der Waals surface area contributed by atoms with Gasteiger partial charge in [0.1, 0.15) is 5.82 Å². The molecule has 4 aromatic rings. The molecule has 7 nitrogen and oxygen atoms in total. The topological polar surface area (TPSA) is 89.7 Å². The number of fused-ring (bicyclic) bond motifs is 1. The van der Waals surface area contributed by atoms with Crippen molar-refractivity contribution in [1.82, 2.24) is 25.1 Å². The number of pyridine rings is 1. The fourth-order valence-electron chi connectivity index (χ4n) is 4.14. The molecule has 1 aliphatic heterocycles. The number of carbonyl (C=O) groups is 1. The second-order valence-corrected chi connectivity index (χ2v) is 8.02. The number of nitrogens with zero attached hydrogens (tertiary/aromatic N) is 3. The lowest BCUT2D eigenvalue weighted by atomic mass is 10.1. The van der Waals surface area contributed by atoms with Gasteiger partial charge in [0.05, 0.1) is 34.2 Å². The van der Waals surface area contributed by atoms with Crippen molar-refractivity contribution in [1.29, 1.82) is 0 Å². The molecule has 0 aliphatic carbocycles. The van der Waals surface area contributed by atoms with Crippen molar-refractivity contribution in [2.75, 3.05) is 11.9 Å². The van der Waals surface area contributed by atoms with Gasteiger partial charge in [-0.1, -0.05) is 6.07 Å².